The first-order valence-electron chi connectivity index (χ1n) is 6.64. The van der Waals surface area contributed by atoms with E-state index in [9.17, 15) is 9.59 Å². The van der Waals surface area contributed by atoms with Crippen molar-refractivity contribution in [2.24, 2.45) is 0 Å². The van der Waals surface area contributed by atoms with Crippen LogP contribution in [0.2, 0.25) is 0 Å². The van der Waals surface area contributed by atoms with Gasteiger partial charge in [-0.05, 0) is 12.5 Å². The van der Waals surface area contributed by atoms with Crippen LogP contribution in [-0.2, 0) is 12.8 Å². The van der Waals surface area contributed by atoms with Crippen molar-refractivity contribution in [3.05, 3.63) is 39.7 Å². The number of amides is 1. The van der Waals surface area contributed by atoms with Crippen molar-refractivity contribution >= 4 is 23.2 Å². The molecular formula is C14H16N2O4S. The number of hydrogen-bond donors (Lipinski definition) is 2. The molecule has 21 heavy (non-hydrogen) atoms. The molecule has 112 valence electrons. The molecule has 0 unspecified atom stereocenters. The van der Waals surface area contributed by atoms with Gasteiger partial charge in [-0.1, -0.05) is 6.92 Å². The molecule has 0 saturated heterocycles. The Kier molecular flexibility index (Phi) is 5.10. The summed E-state index contributed by atoms with van der Waals surface area (Å²) in [6.07, 6.45) is 3.65. The maximum absolute atomic E-state index is 12.0. The molecule has 2 aromatic rings. The van der Waals surface area contributed by atoms with Crippen molar-refractivity contribution in [2.45, 2.75) is 26.2 Å². The van der Waals surface area contributed by atoms with Gasteiger partial charge in [-0.15, -0.1) is 11.3 Å². The number of thiazole rings is 1. The monoisotopic (exact) mass is 308 g/mol. The van der Waals surface area contributed by atoms with Gasteiger partial charge >= 0.3 is 5.97 Å². The summed E-state index contributed by atoms with van der Waals surface area (Å²) in [4.78, 5) is 26.7. The predicted molar refractivity (Wildman–Crippen MR) is 77.8 cm³/mol. The molecular weight excluding hydrogens is 292 g/mol. The lowest BCUT2D eigenvalue weighted by Crippen LogP contribution is -2.26. The molecule has 0 aliphatic heterocycles. The number of carboxylic acid groups (broad SMARTS) is 1. The summed E-state index contributed by atoms with van der Waals surface area (Å²) in [5, 5.41) is 13.8. The molecule has 7 heteroatoms. The maximum Gasteiger partial charge on any atom is 0.355 e. The second-order valence-electron chi connectivity index (χ2n) is 4.44. The van der Waals surface area contributed by atoms with Gasteiger partial charge in [0.1, 0.15) is 5.76 Å². The number of hydrogen-bond acceptors (Lipinski definition) is 5. The minimum atomic E-state index is -1.04. The molecule has 2 N–H and O–H groups in total. The van der Waals surface area contributed by atoms with Crippen LogP contribution in [0.4, 0.5) is 0 Å². The summed E-state index contributed by atoms with van der Waals surface area (Å²) in [5.41, 5.74) is 0.601. The molecule has 0 bridgehead atoms. The average Bonchev–Trinajstić information content (AvgIpc) is 3.08. The fourth-order valence-corrected chi connectivity index (χ4v) is 2.64. The highest BCUT2D eigenvalue weighted by Gasteiger charge is 2.14. The Morgan fingerprint density at radius 1 is 1.43 bits per heavy atom. The number of furan rings is 1. The van der Waals surface area contributed by atoms with Crippen LogP contribution >= 0.6 is 11.3 Å². The van der Waals surface area contributed by atoms with E-state index in [-0.39, 0.29) is 11.6 Å². The Labute approximate surface area is 125 Å². The van der Waals surface area contributed by atoms with Crippen LogP contribution in [0.5, 0.6) is 0 Å². The van der Waals surface area contributed by atoms with Gasteiger partial charge in [-0.25, -0.2) is 9.78 Å². The van der Waals surface area contributed by atoms with Crippen LogP contribution in [-0.4, -0.2) is 28.5 Å². The molecule has 0 saturated carbocycles. The van der Waals surface area contributed by atoms with Gasteiger partial charge < -0.3 is 14.8 Å². The van der Waals surface area contributed by atoms with Crippen molar-refractivity contribution in [3.63, 3.8) is 0 Å². The Hall–Kier alpha value is -2.15. The van der Waals surface area contributed by atoms with Crippen molar-refractivity contribution in [1.29, 1.82) is 0 Å². The number of carbonyl (C=O) groups excluding carboxylic acids is 1. The highest BCUT2D eigenvalue weighted by molar-refractivity contribution is 7.09. The van der Waals surface area contributed by atoms with E-state index in [4.69, 9.17) is 9.52 Å². The molecule has 0 spiro atoms. The number of aromatic nitrogens is 1. The molecule has 0 atom stereocenters. The molecule has 0 aromatic carbocycles. The molecule has 2 aromatic heterocycles. The highest BCUT2D eigenvalue weighted by Crippen LogP contribution is 2.13. The number of aromatic carboxylic acids is 1. The van der Waals surface area contributed by atoms with Gasteiger partial charge in [0.05, 0.1) is 16.8 Å². The predicted octanol–water partition coefficient (Wildman–Crippen LogP) is 2.36. The van der Waals surface area contributed by atoms with Crippen LogP contribution < -0.4 is 5.32 Å². The molecule has 0 radical (unpaired) electrons. The third-order valence-corrected chi connectivity index (χ3v) is 3.77. The van der Waals surface area contributed by atoms with E-state index in [1.165, 1.54) is 23.0 Å². The zero-order chi connectivity index (χ0) is 15.2. The molecule has 2 heterocycles. The molecule has 0 fully saturated rings. The Morgan fingerprint density at radius 3 is 2.90 bits per heavy atom. The minimum Gasteiger partial charge on any atom is -0.476 e. The lowest BCUT2D eigenvalue weighted by molar-refractivity contribution is 0.0690. The van der Waals surface area contributed by atoms with Gasteiger partial charge in [0.2, 0.25) is 0 Å². The first kappa shape index (κ1) is 15.2. The number of carbonyl (C=O) groups is 2. The maximum atomic E-state index is 12.0. The largest absolute Gasteiger partial charge is 0.476 e. The van der Waals surface area contributed by atoms with Crippen LogP contribution in [0.25, 0.3) is 0 Å². The molecule has 6 nitrogen and oxygen atoms in total. The zero-order valence-electron chi connectivity index (χ0n) is 11.6. The summed E-state index contributed by atoms with van der Waals surface area (Å²) >= 11 is 1.28. The van der Waals surface area contributed by atoms with Gasteiger partial charge in [0.25, 0.3) is 5.91 Å². The van der Waals surface area contributed by atoms with Crippen LogP contribution in [0, 0.1) is 0 Å². The van der Waals surface area contributed by atoms with E-state index >= 15 is 0 Å². The lowest BCUT2D eigenvalue weighted by atomic mass is 10.1. The molecule has 0 aliphatic rings. The lowest BCUT2D eigenvalue weighted by Gasteiger charge is -2.03. The van der Waals surface area contributed by atoms with Crippen molar-refractivity contribution in [1.82, 2.24) is 10.3 Å². The third kappa shape index (κ3) is 3.91. The van der Waals surface area contributed by atoms with Gasteiger partial charge in [0, 0.05) is 24.8 Å². The first-order valence-corrected chi connectivity index (χ1v) is 7.52. The number of aryl methyl sites for hydroxylation is 1. The van der Waals surface area contributed by atoms with E-state index in [0.29, 0.717) is 29.3 Å². The van der Waals surface area contributed by atoms with Crippen molar-refractivity contribution < 1.29 is 19.1 Å². The smallest absolute Gasteiger partial charge is 0.355 e. The minimum absolute atomic E-state index is 0.0430. The topological polar surface area (TPSA) is 92.4 Å². The number of carboxylic acids is 1. The number of nitrogens with one attached hydrogen (secondary N) is 1. The van der Waals surface area contributed by atoms with E-state index in [1.807, 2.05) is 6.92 Å². The van der Waals surface area contributed by atoms with E-state index in [2.05, 4.69) is 10.3 Å². The fraction of sp³-hybridized carbons (Fsp3) is 0.357. The second kappa shape index (κ2) is 7.03. The molecule has 2 rings (SSSR count). The summed E-state index contributed by atoms with van der Waals surface area (Å²) in [6, 6.07) is 1.66. The Bertz CT molecular complexity index is 632. The highest BCUT2D eigenvalue weighted by atomic mass is 32.1. The second-order valence-corrected chi connectivity index (χ2v) is 5.39. The Balaban J connectivity index is 1.86. The summed E-state index contributed by atoms with van der Waals surface area (Å²) in [6.45, 7) is 2.43. The average molecular weight is 308 g/mol. The summed E-state index contributed by atoms with van der Waals surface area (Å²) in [5.74, 6) is -0.524. The fourth-order valence-electron chi connectivity index (χ4n) is 1.87. The molecule has 0 aliphatic carbocycles. The Morgan fingerprint density at radius 2 is 2.24 bits per heavy atom. The SMILES string of the molecule is CCCc1occc1C(=O)NCCc1nc(C(=O)O)cs1. The standard InChI is InChI=1S/C14H16N2O4S/c1-2-3-11-9(5-7-20-11)13(17)15-6-4-12-16-10(8-21-12)14(18)19/h5,7-8H,2-4,6H2,1H3,(H,15,17)(H,18,19). The van der Waals surface area contributed by atoms with Crippen LogP contribution in [0.1, 0.15) is 45.0 Å². The van der Waals surface area contributed by atoms with E-state index in [0.717, 1.165) is 12.8 Å². The zero-order valence-corrected chi connectivity index (χ0v) is 12.4. The third-order valence-electron chi connectivity index (χ3n) is 2.86. The number of nitrogens with zero attached hydrogens (tertiary/aromatic N) is 1. The summed E-state index contributed by atoms with van der Waals surface area (Å²) < 4.78 is 5.28. The van der Waals surface area contributed by atoms with Gasteiger partial charge in [-0.3, -0.25) is 4.79 Å². The quantitative estimate of drug-likeness (QED) is 0.819. The summed E-state index contributed by atoms with van der Waals surface area (Å²) in [7, 11) is 0. The van der Waals surface area contributed by atoms with Crippen LogP contribution in [0.15, 0.2) is 22.1 Å². The molecule has 1 amide bonds. The number of rotatable bonds is 7. The first-order chi connectivity index (χ1) is 10.1. The van der Waals surface area contributed by atoms with Gasteiger partial charge in [0.15, 0.2) is 5.69 Å². The van der Waals surface area contributed by atoms with E-state index in [1.54, 1.807) is 6.07 Å². The van der Waals surface area contributed by atoms with Crippen molar-refractivity contribution in [3.8, 4) is 0 Å². The van der Waals surface area contributed by atoms with Crippen LogP contribution in [0.3, 0.4) is 0 Å². The van der Waals surface area contributed by atoms with E-state index < -0.39 is 5.97 Å². The van der Waals surface area contributed by atoms with Gasteiger partial charge in [-0.2, -0.15) is 0 Å². The normalized spacial score (nSPS) is 10.5. The van der Waals surface area contributed by atoms with Crippen molar-refractivity contribution in [2.75, 3.05) is 6.54 Å².